The van der Waals surface area contributed by atoms with Crippen LogP contribution in [0.25, 0.3) is 10.9 Å². The van der Waals surface area contributed by atoms with E-state index in [1.165, 1.54) is 4.90 Å². The van der Waals surface area contributed by atoms with E-state index in [2.05, 4.69) is 15.6 Å². The number of hydrogen-bond donors (Lipinski definition) is 8. The summed E-state index contributed by atoms with van der Waals surface area (Å²) in [5, 5.41) is 54.8. The maximum atomic E-state index is 14.2. The monoisotopic (exact) mass is 764 g/mol. The minimum Gasteiger partial charge on any atom is -0.504 e. The molecule has 1 aliphatic heterocycles. The Bertz CT molecular complexity index is 1930. The Hall–Kier alpha value is -5.93. The van der Waals surface area contributed by atoms with Gasteiger partial charge in [-0.05, 0) is 48.4 Å². The lowest BCUT2D eigenvalue weighted by Gasteiger charge is -2.28. The van der Waals surface area contributed by atoms with Gasteiger partial charge in [0.2, 0.25) is 11.8 Å². The predicted octanol–water partition coefficient (Wildman–Crippen LogP) is 3.12. The lowest BCUT2D eigenvalue weighted by atomic mass is 9.85. The number of nitrogens with one attached hydrogen (secondary N) is 3. The third-order valence-electron chi connectivity index (χ3n) is 10.1. The van der Waals surface area contributed by atoms with E-state index in [-0.39, 0.29) is 24.9 Å². The number of H-pyrrole nitrogens is 1. The van der Waals surface area contributed by atoms with Gasteiger partial charge in [0, 0.05) is 54.4 Å². The number of benzene rings is 2. The summed E-state index contributed by atoms with van der Waals surface area (Å²) in [6.07, 6.45) is 0.621. The minimum absolute atomic E-state index is 0.00665. The minimum atomic E-state index is -1.55. The standard InChI is InChI=1S/C39H48N4O12/c1-19(2)24(36(51)41-28(17-34(48)49)31(45)16-25(20(3)4)39(54)55)15-30(44)27(12-22-18-40-26-9-6-5-8-23(22)26)42-37(52)29-10-7-11-43(29)38(53)21-13-32(46)35(50)33(47)14-21/h5-6,8-9,13-14,18-20,24-25,27-29,40,46-47,50H,7,10-12,15-17H2,1-4H3,(H,41,51)(H,42,52)(H,48,49)(H,54,55)/t24-,25-,27+,28+,29-/m1/s1. The SMILES string of the molecule is CC(C)[C@@H](CC(=O)[C@H](CC(=O)O)NC(=O)[C@H](CC(=O)[C@H](Cc1c[nH]c2ccccc12)NC(=O)[C@H]1CCCN1C(=O)c1cc(O)c(O)c(O)c1)C(C)C)C(=O)O. The van der Waals surface area contributed by atoms with Crippen molar-refractivity contribution in [2.45, 2.75) is 84.3 Å². The molecule has 0 radical (unpaired) electrons. The fourth-order valence-corrected chi connectivity index (χ4v) is 6.87. The van der Waals surface area contributed by atoms with Gasteiger partial charge in [0.25, 0.3) is 5.91 Å². The van der Waals surface area contributed by atoms with Crippen LogP contribution in [0.1, 0.15) is 75.7 Å². The van der Waals surface area contributed by atoms with Crippen LogP contribution < -0.4 is 10.6 Å². The van der Waals surface area contributed by atoms with Gasteiger partial charge in [0.05, 0.1) is 24.4 Å². The molecular weight excluding hydrogens is 716 g/mol. The number of likely N-dealkylation sites (tertiary alicyclic amines) is 1. The lowest BCUT2D eigenvalue weighted by Crippen LogP contribution is -2.52. The summed E-state index contributed by atoms with van der Waals surface area (Å²) in [6, 6.07) is 5.44. The third-order valence-corrected chi connectivity index (χ3v) is 10.1. The number of rotatable bonds is 18. The van der Waals surface area contributed by atoms with Gasteiger partial charge in [0.15, 0.2) is 28.8 Å². The second kappa shape index (κ2) is 17.9. The molecule has 16 heteroatoms. The van der Waals surface area contributed by atoms with Gasteiger partial charge in [0.1, 0.15) is 6.04 Å². The molecule has 1 fully saturated rings. The van der Waals surface area contributed by atoms with Gasteiger partial charge in [-0.15, -0.1) is 0 Å². The number of aromatic nitrogens is 1. The Balaban J connectivity index is 1.59. The molecule has 2 heterocycles. The first kappa shape index (κ1) is 41.8. The van der Waals surface area contributed by atoms with E-state index in [1.807, 2.05) is 24.3 Å². The van der Waals surface area contributed by atoms with Gasteiger partial charge < -0.3 is 46.1 Å². The Morgan fingerprint density at radius 2 is 1.42 bits per heavy atom. The second-order valence-electron chi connectivity index (χ2n) is 14.7. The lowest BCUT2D eigenvalue weighted by molar-refractivity contribution is -0.146. The first-order valence-electron chi connectivity index (χ1n) is 18.1. The molecule has 0 saturated carbocycles. The number of hydrogen-bond acceptors (Lipinski definition) is 10. The van der Waals surface area contributed by atoms with Crippen molar-refractivity contribution in [2.24, 2.45) is 23.7 Å². The van der Waals surface area contributed by atoms with Crippen LogP contribution in [0.4, 0.5) is 0 Å². The maximum Gasteiger partial charge on any atom is 0.307 e. The molecule has 0 unspecified atom stereocenters. The van der Waals surface area contributed by atoms with Crippen molar-refractivity contribution in [1.82, 2.24) is 20.5 Å². The Labute approximate surface area is 316 Å². The van der Waals surface area contributed by atoms with Crippen LogP contribution in [0, 0.1) is 23.7 Å². The van der Waals surface area contributed by atoms with Gasteiger partial charge in [-0.1, -0.05) is 45.9 Å². The summed E-state index contributed by atoms with van der Waals surface area (Å²) in [4.78, 5) is 96.3. The maximum absolute atomic E-state index is 14.2. The molecular formula is C39H48N4O12. The van der Waals surface area contributed by atoms with E-state index in [0.717, 1.165) is 23.0 Å². The number of phenols is 3. The number of aliphatic carboxylic acids is 2. The molecule has 8 N–H and O–H groups in total. The molecule has 0 spiro atoms. The van der Waals surface area contributed by atoms with E-state index in [1.54, 1.807) is 33.9 Å². The summed E-state index contributed by atoms with van der Waals surface area (Å²) in [6.45, 7) is 6.70. The number of amides is 3. The van der Waals surface area contributed by atoms with Crippen molar-refractivity contribution in [2.75, 3.05) is 6.54 Å². The topological polar surface area (TPSA) is 264 Å². The quantitative estimate of drug-likeness (QED) is 0.0869. The molecule has 1 saturated heterocycles. The molecule has 0 bridgehead atoms. The molecule has 1 aliphatic rings. The Morgan fingerprint density at radius 3 is 2.02 bits per heavy atom. The third kappa shape index (κ3) is 10.2. The first-order chi connectivity index (χ1) is 25.9. The zero-order valence-electron chi connectivity index (χ0n) is 31.1. The molecule has 296 valence electrons. The van der Waals surface area contributed by atoms with Gasteiger partial charge in [-0.3, -0.25) is 33.6 Å². The average Bonchev–Trinajstić information content (AvgIpc) is 3.77. The predicted molar refractivity (Wildman–Crippen MR) is 197 cm³/mol. The number of fused-ring (bicyclic) bond motifs is 1. The fraction of sp³-hybridized carbons (Fsp3) is 0.462. The second-order valence-corrected chi connectivity index (χ2v) is 14.7. The van der Waals surface area contributed by atoms with Crippen LogP contribution in [0.2, 0.25) is 0 Å². The number of aromatic hydroxyl groups is 3. The van der Waals surface area contributed by atoms with Gasteiger partial charge in [-0.25, -0.2) is 0 Å². The largest absolute Gasteiger partial charge is 0.504 e. The van der Waals surface area contributed by atoms with Crippen LogP contribution in [0.15, 0.2) is 42.6 Å². The molecule has 5 atom stereocenters. The summed E-state index contributed by atoms with van der Waals surface area (Å²) in [5.41, 5.74) is 1.28. The van der Waals surface area contributed by atoms with E-state index < -0.39 is 120 Å². The van der Waals surface area contributed by atoms with Crippen LogP contribution in [-0.2, 0) is 35.2 Å². The van der Waals surface area contributed by atoms with Crippen LogP contribution in [-0.4, -0.2) is 101 Å². The van der Waals surface area contributed by atoms with E-state index in [9.17, 15) is 59.1 Å². The van der Waals surface area contributed by atoms with E-state index in [0.29, 0.717) is 12.0 Å². The van der Waals surface area contributed by atoms with Crippen LogP contribution in [0.3, 0.4) is 0 Å². The van der Waals surface area contributed by atoms with Gasteiger partial charge >= 0.3 is 11.9 Å². The van der Waals surface area contributed by atoms with Crippen LogP contribution >= 0.6 is 0 Å². The van der Waals surface area contributed by atoms with Crippen molar-refractivity contribution in [3.05, 3.63) is 53.7 Å². The number of nitrogens with zero attached hydrogens (tertiary/aromatic N) is 1. The summed E-state index contributed by atoms with van der Waals surface area (Å²) < 4.78 is 0. The average molecular weight is 765 g/mol. The van der Waals surface area contributed by atoms with E-state index >= 15 is 0 Å². The molecule has 55 heavy (non-hydrogen) atoms. The highest BCUT2D eigenvalue weighted by molar-refractivity contribution is 6.01. The number of carboxylic acids is 2. The molecule has 4 rings (SSSR count). The summed E-state index contributed by atoms with van der Waals surface area (Å²) >= 11 is 0. The number of carbonyl (C=O) groups excluding carboxylic acids is 5. The molecule has 2 aromatic carbocycles. The van der Waals surface area contributed by atoms with E-state index in [4.69, 9.17) is 0 Å². The molecule has 0 aliphatic carbocycles. The molecule has 3 aromatic rings. The van der Waals surface area contributed by atoms with Crippen molar-refractivity contribution < 1.29 is 59.1 Å². The zero-order chi connectivity index (χ0) is 40.7. The summed E-state index contributed by atoms with van der Waals surface area (Å²) in [7, 11) is 0. The Kier molecular flexibility index (Phi) is 13.6. The van der Waals surface area contributed by atoms with Crippen LogP contribution in [0.5, 0.6) is 17.2 Å². The summed E-state index contributed by atoms with van der Waals surface area (Å²) in [5.74, 6) is -11.5. The number of ketones is 2. The molecule has 3 amide bonds. The normalized spacial score (nSPS) is 16.4. The fourth-order valence-electron chi connectivity index (χ4n) is 6.87. The highest BCUT2D eigenvalue weighted by Gasteiger charge is 2.39. The first-order valence-corrected chi connectivity index (χ1v) is 18.1. The molecule has 16 nitrogen and oxygen atoms in total. The highest BCUT2D eigenvalue weighted by atomic mass is 16.4. The molecule has 1 aromatic heterocycles. The number of carboxylic acid groups (broad SMARTS) is 2. The Morgan fingerprint density at radius 1 is 0.818 bits per heavy atom. The number of aromatic amines is 1. The van der Waals surface area contributed by atoms with Crippen molar-refractivity contribution in [3.63, 3.8) is 0 Å². The van der Waals surface area contributed by atoms with Crippen molar-refractivity contribution >= 4 is 52.1 Å². The number of para-hydroxylation sites is 1. The number of Topliss-reactive ketones (excluding diaryl/α,β-unsaturated/α-hetero) is 2. The smallest absolute Gasteiger partial charge is 0.307 e. The van der Waals surface area contributed by atoms with Crippen molar-refractivity contribution in [1.29, 1.82) is 0 Å². The zero-order valence-corrected chi connectivity index (χ0v) is 31.1. The highest BCUT2D eigenvalue weighted by Crippen LogP contribution is 2.36. The van der Waals surface area contributed by atoms with Gasteiger partial charge in [-0.2, -0.15) is 0 Å². The van der Waals surface area contributed by atoms with Crippen molar-refractivity contribution in [3.8, 4) is 17.2 Å². The number of phenolic OH excluding ortho intramolecular Hbond substituents is 3. The number of carbonyl (C=O) groups is 7.